The Labute approximate surface area is 140 Å². The van der Waals surface area contributed by atoms with Crippen LogP contribution in [0.1, 0.15) is 5.56 Å². The summed E-state index contributed by atoms with van der Waals surface area (Å²) in [4.78, 5) is 4.67. The molecule has 0 saturated carbocycles. The second-order valence-electron chi connectivity index (χ2n) is 5.34. The summed E-state index contributed by atoms with van der Waals surface area (Å²) in [5.74, 6) is 0.638. The monoisotopic (exact) mass is 343 g/mol. The summed E-state index contributed by atoms with van der Waals surface area (Å²) < 4.78 is 29.2. The Hall–Kier alpha value is -2.67. The van der Waals surface area contributed by atoms with Crippen LogP contribution in [-0.4, -0.2) is 36.5 Å². The minimum atomic E-state index is -3.24. The number of sulfone groups is 1. The second-order valence-corrected chi connectivity index (χ2v) is 7.33. The van der Waals surface area contributed by atoms with Gasteiger partial charge in [-0.2, -0.15) is 5.10 Å². The summed E-state index contributed by atoms with van der Waals surface area (Å²) in [7, 11) is -3.24. The van der Waals surface area contributed by atoms with Gasteiger partial charge in [0.1, 0.15) is 5.75 Å². The maximum absolute atomic E-state index is 11.8. The van der Waals surface area contributed by atoms with Gasteiger partial charge in [0.25, 0.3) is 0 Å². The number of ether oxygens (including phenoxy) is 1. The highest BCUT2D eigenvalue weighted by Crippen LogP contribution is 2.19. The van der Waals surface area contributed by atoms with Crippen molar-refractivity contribution >= 4 is 9.84 Å². The van der Waals surface area contributed by atoms with Crippen LogP contribution >= 0.6 is 0 Å². The Kier molecular flexibility index (Phi) is 4.61. The lowest BCUT2D eigenvalue weighted by Crippen LogP contribution is -2.07. The Morgan fingerprint density at radius 3 is 2.62 bits per heavy atom. The fourth-order valence-electron chi connectivity index (χ4n) is 2.38. The Morgan fingerprint density at radius 1 is 1.12 bits per heavy atom. The molecule has 0 saturated heterocycles. The van der Waals surface area contributed by atoms with Gasteiger partial charge in [-0.1, -0.05) is 18.2 Å². The van der Waals surface area contributed by atoms with Crippen molar-refractivity contribution in [3.63, 3.8) is 0 Å². The predicted octanol–water partition coefficient (Wildman–Crippen LogP) is 2.50. The van der Waals surface area contributed by atoms with E-state index >= 15 is 0 Å². The van der Waals surface area contributed by atoms with Crippen molar-refractivity contribution in [2.24, 2.45) is 0 Å². The lowest BCUT2D eigenvalue weighted by Gasteiger charge is -2.09. The van der Waals surface area contributed by atoms with E-state index in [0.717, 1.165) is 16.8 Å². The van der Waals surface area contributed by atoms with E-state index in [9.17, 15) is 8.42 Å². The number of H-pyrrole nitrogens is 1. The summed E-state index contributed by atoms with van der Waals surface area (Å²) in [6, 6.07) is 10.7. The van der Waals surface area contributed by atoms with Crippen molar-refractivity contribution in [1.82, 2.24) is 15.2 Å². The van der Waals surface area contributed by atoms with Crippen molar-refractivity contribution in [2.75, 3.05) is 12.9 Å². The van der Waals surface area contributed by atoms with Crippen LogP contribution in [0.3, 0.4) is 0 Å². The third kappa shape index (κ3) is 3.80. The smallest absolute Gasteiger partial charge is 0.175 e. The molecular weight excluding hydrogens is 326 g/mol. The highest BCUT2D eigenvalue weighted by molar-refractivity contribution is 7.90. The number of nitrogens with zero attached hydrogens (tertiary/aromatic N) is 2. The van der Waals surface area contributed by atoms with Crippen LogP contribution in [0.25, 0.3) is 11.3 Å². The van der Waals surface area contributed by atoms with Crippen LogP contribution in [-0.2, 0) is 16.3 Å². The molecule has 0 bridgehead atoms. The highest BCUT2D eigenvalue weighted by atomic mass is 32.2. The Bertz CT molecular complexity index is 905. The molecule has 0 aliphatic carbocycles. The maximum Gasteiger partial charge on any atom is 0.175 e. The molecule has 0 spiro atoms. The van der Waals surface area contributed by atoms with E-state index in [2.05, 4.69) is 15.2 Å². The molecule has 0 atom stereocenters. The molecule has 0 aliphatic rings. The van der Waals surface area contributed by atoms with Gasteiger partial charge in [0.05, 0.1) is 29.6 Å². The molecule has 7 heteroatoms. The number of benzene rings is 1. The molecule has 6 nitrogen and oxygen atoms in total. The average molecular weight is 343 g/mol. The summed E-state index contributed by atoms with van der Waals surface area (Å²) in [6.45, 7) is 0.374. The predicted molar refractivity (Wildman–Crippen MR) is 90.6 cm³/mol. The third-order valence-corrected chi connectivity index (χ3v) is 4.74. The van der Waals surface area contributed by atoms with E-state index in [0.29, 0.717) is 23.7 Å². The van der Waals surface area contributed by atoms with Crippen LogP contribution in [0, 0.1) is 0 Å². The van der Waals surface area contributed by atoms with Crippen LogP contribution in [0.5, 0.6) is 5.75 Å². The van der Waals surface area contributed by atoms with Gasteiger partial charge >= 0.3 is 0 Å². The SMILES string of the molecule is CS(=O)(=O)c1ccccc1CCOc1ccc(-c2cn[nH]c2)nc1. The Morgan fingerprint density at radius 2 is 1.96 bits per heavy atom. The van der Waals surface area contributed by atoms with E-state index in [1.54, 1.807) is 36.8 Å². The van der Waals surface area contributed by atoms with E-state index < -0.39 is 9.84 Å². The summed E-state index contributed by atoms with van der Waals surface area (Å²) in [6.07, 6.45) is 6.83. The van der Waals surface area contributed by atoms with Gasteiger partial charge in [0, 0.05) is 24.4 Å². The zero-order chi connectivity index (χ0) is 17.0. The molecule has 1 N–H and O–H groups in total. The number of hydrogen-bond acceptors (Lipinski definition) is 5. The van der Waals surface area contributed by atoms with E-state index in [4.69, 9.17) is 4.74 Å². The van der Waals surface area contributed by atoms with Gasteiger partial charge in [-0.05, 0) is 23.8 Å². The van der Waals surface area contributed by atoms with Gasteiger partial charge in [-0.25, -0.2) is 8.42 Å². The first-order valence-corrected chi connectivity index (χ1v) is 9.29. The first-order valence-electron chi connectivity index (χ1n) is 7.40. The van der Waals surface area contributed by atoms with Crippen molar-refractivity contribution in [3.8, 4) is 17.0 Å². The summed E-state index contributed by atoms with van der Waals surface area (Å²) in [5.41, 5.74) is 2.46. The molecule has 0 unspecified atom stereocenters. The van der Waals surface area contributed by atoms with Crippen LogP contribution in [0.4, 0.5) is 0 Å². The lowest BCUT2D eigenvalue weighted by atomic mass is 10.2. The molecule has 24 heavy (non-hydrogen) atoms. The largest absolute Gasteiger partial charge is 0.492 e. The van der Waals surface area contributed by atoms with E-state index in [1.165, 1.54) is 6.26 Å². The standard InChI is InChI=1S/C17H17N3O3S/c1-24(21,22)17-5-3-2-4-13(17)8-9-23-15-6-7-16(18-12-15)14-10-19-20-11-14/h2-7,10-12H,8-9H2,1H3,(H,19,20). The molecule has 1 aromatic carbocycles. The summed E-state index contributed by atoms with van der Waals surface area (Å²) in [5, 5.41) is 6.63. The van der Waals surface area contributed by atoms with Crippen molar-refractivity contribution < 1.29 is 13.2 Å². The highest BCUT2D eigenvalue weighted by Gasteiger charge is 2.12. The number of nitrogens with one attached hydrogen (secondary N) is 1. The fraction of sp³-hybridized carbons (Fsp3) is 0.176. The molecule has 0 aliphatic heterocycles. The fourth-order valence-corrected chi connectivity index (χ4v) is 3.35. The van der Waals surface area contributed by atoms with Crippen molar-refractivity contribution in [1.29, 1.82) is 0 Å². The molecule has 0 fully saturated rings. The zero-order valence-corrected chi connectivity index (χ0v) is 14.0. The Balaban J connectivity index is 1.63. The normalized spacial score (nSPS) is 11.4. The number of aromatic amines is 1. The molecule has 124 valence electrons. The van der Waals surface area contributed by atoms with Crippen LogP contribution in [0.2, 0.25) is 0 Å². The lowest BCUT2D eigenvalue weighted by molar-refractivity contribution is 0.320. The van der Waals surface area contributed by atoms with Crippen molar-refractivity contribution in [3.05, 3.63) is 60.6 Å². The van der Waals surface area contributed by atoms with Gasteiger partial charge in [0.15, 0.2) is 9.84 Å². The zero-order valence-electron chi connectivity index (χ0n) is 13.1. The van der Waals surface area contributed by atoms with Gasteiger partial charge < -0.3 is 4.74 Å². The van der Waals surface area contributed by atoms with Crippen LogP contribution in [0.15, 0.2) is 59.9 Å². The first-order chi connectivity index (χ1) is 11.5. The molecule has 0 radical (unpaired) electrons. The van der Waals surface area contributed by atoms with Crippen LogP contribution < -0.4 is 4.74 Å². The van der Waals surface area contributed by atoms with E-state index in [1.807, 2.05) is 18.2 Å². The van der Waals surface area contributed by atoms with Gasteiger partial charge in [-0.15, -0.1) is 0 Å². The average Bonchev–Trinajstić information content (AvgIpc) is 3.09. The van der Waals surface area contributed by atoms with Crippen molar-refractivity contribution in [2.45, 2.75) is 11.3 Å². The third-order valence-electron chi connectivity index (χ3n) is 3.54. The quantitative estimate of drug-likeness (QED) is 0.743. The number of aromatic nitrogens is 3. The first kappa shape index (κ1) is 16.2. The minimum Gasteiger partial charge on any atom is -0.492 e. The van der Waals surface area contributed by atoms with E-state index in [-0.39, 0.29) is 0 Å². The van der Waals surface area contributed by atoms with Gasteiger partial charge in [0.2, 0.25) is 0 Å². The maximum atomic E-state index is 11.8. The van der Waals surface area contributed by atoms with Gasteiger partial charge in [-0.3, -0.25) is 10.1 Å². The summed E-state index contributed by atoms with van der Waals surface area (Å²) >= 11 is 0. The number of pyridine rings is 1. The molecule has 0 amide bonds. The molecule has 2 heterocycles. The molecular formula is C17H17N3O3S. The number of rotatable bonds is 6. The molecule has 3 aromatic rings. The molecule has 2 aromatic heterocycles. The topological polar surface area (TPSA) is 84.9 Å². The number of hydrogen-bond donors (Lipinski definition) is 1. The second kappa shape index (κ2) is 6.84. The molecule has 3 rings (SSSR count). The minimum absolute atomic E-state index is 0.349.